The van der Waals surface area contributed by atoms with Crippen molar-refractivity contribution in [1.82, 2.24) is 0 Å². The van der Waals surface area contributed by atoms with Crippen molar-refractivity contribution in [2.75, 3.05) is 66.1 Å². The highest BCUT2D eigenvalue weighted by molar-refractivity contribution is 5.93. The molecule has 32 nitrogen and oxygen atoms in total. The molecule has 0 aromatic carbocycles. The van der Waals surface area contributed by atoms with Gasteiger partial charge in [0.25, 0.3) is 0 Å². The quantitative estimate of drug-likeness (QED) is 0.0953. The van der Waals surface area contributed by atoms with Crippen molar-refractivity contribution >= 4 is 95.5 Å². The molecular formula is C59H74O32. The number of hydrogen-bond donors (Lipinski definition) is 0. The van der Waals surface area contributed by atoms with Gasteiger partial charge in [0.1, 0.15) is 0 Å². The van der Waals surface area contributed by atoms with Crippen LogP contribution in [-0.4, -0.2) is 195 Å². The fourth-order valence-corrected chi connectivity index (χ4v) is 6.67. The van der Waals surface area contributed by atoms with E-state index < -0.39 is 156 Å². The van der Waals surface area contributed by atoms with Gasteiger partial charge in [0, 0.05) is 73.5 Å². The second kappa shape index (κ2) is 35.8. The van der Waals surface area contributed by atoms with E-state index in [1.54, 1.807) is 6.92 Å². The largest absolute Gasteiger partial charge is 0.463 e. The molecule has 0 aromatic heterocycles. The highest BCUT2D eigenvalue weighted by atomic mass is 16.7. The van der Waals surface area contributed by atoms with E-state index >= 15 is 0 Å². The lowest BCUT2D eigenvalue weighted by molar-refractivity contribution is -0.175. The Balaban J connectivity index is 0.000000548. The summed E-state index contributed by atoms with van der Waals surface area (Å²) in [4.78, 5) is 177. The van der Waals surface area contributed by atoms with Crippen LogP contribution in [-0.2, 0) is 153 Å². The third-order valence-electron chi connectivity index (χ3n) is 12.3. The third-order valence-corrected chi connectivity index (χ3v) is 12.3. The van der Waals surface area contributed by atoms with Crippen molar-refractivity contribution in [3.8, 4) is 0 Å². The van der Waals surface area contributed by atoms with Gasteiger partial charge in [0.05, 0.1) is 39.6 Å². The maximum Gasteiger partial charge on any atom is 0.350 e. The molecule has 0 saturated carbocycles. The minimum atomic E-state index is -1.27. The lowest BCUT2D eigenvalue weighted by Gasteiger charge is -2.19. The van der Waals surface area contributed by atoms with Crippen molar-refractivity contribution < 1.29 is 153 Å². The van der Waals surface area contributed by atoms with Crippen molar-refractivity contribution in [2.45, 2.75) is 134 Å². The van der Waals surface area contributed by atoms with Crippen LogP contribution in [0.3, 0.4) is 0 Å². The van der Waals surface area contributed by atoms with Gasteiger partial charge in [-0.1, -0.05) is 39.5 Å². The number of rotatable bonds is 20. The molecule has 0 aromatic rings. The second-order valence-corrected chi connectivity index (χ2v) is 20.7. The van der Waals surface area contributed by atoms with Gasteiger partial charge in [-0.3, -0.25) is 0 Å². The zero-order chi connectivity index (χ0) is 69.7. The fraction of sp³-hybridized carbons (Fsp3) is 0.525. The number of hydrogen-bond acceptors (Lipinski definition) is 32. The predicted molar refractivity (Wildman–Crippen MR) is 299 cm³/mol. The highest BCUT2D eigenvalue weighted by Crippen LogP contribution is 2.29. The SMILES string of the molecule is C=C(C)C(=O)OC1(C)CCOC1=O.C=C(C)C(=O)OCC(=O)OC1(C)CCOC1=O.C=C(C)C(=O)OCC(=O)OC1(C)CCOC1=O.C=CC(=O)OC1(C)CCOC1=O.C=CC(=O)OCC(=O)OC1(C)CCOC1=O.C=CC(=O)OCC(=O)OC1(C)CCOC1=O. The Hall–Kier alpha value is -10.0. The molecule has 6 atom stereocenters. The first kappa shape index (κ1) is 79.0. The maximum absolute atomic E-state index is 11.3. The van der Waals surface area contributed by atoms with E-state index in [1.807, 2.05) is 0 Å². The lowest BCUT2D eigenvalue weighted by Crippen LogP contribution is -2.37. The zero-order valence-electron chi connectivity index (χ0n) is 51.9. The maximum atomic E-state index is 11.3. The summed E-state index contributed by atoms with van der Waals surface area (Å²) in [6.07, 6.45) is 4.89. The van der Waals surface area contributed by atoms with Gasteiger partial charge < -0.3 is 75.8 Å². The van der Waals surface area contributed by atoms with Crippen LogP contribution in [0.4, 0.5) is 0 Å². The summed E-state index contributed by atoms with van der Waals surface area (Å²) in [7, 11) is 0. The van der Waals surface area contributed by atoms with Crippen molar-refractivity contribution in [3.05, 3.63) is 74.4 Å². The van der Waals surface area contributed by atoms with E-state index in [2.05, 4.69) is 72.6 Å². The molecule has 0 radical (unpaired) electrons. The Morgan fingerprint density at radius 2 is 0.527 bits per heavy atom. The van der Waals surface area contributed by atoms with Gasteiger partial charge in [0.15, 0.2) is 26.4 Å². The van der Waals surface area contributed by atoms with Gasteiger partial charge in [-0.2, -0.15) is 0 Å². The minimum Gasteiger partial charge on any atom is -0.463 e. The Morgan fingerprint density at radius 3 is 0.714 bits per heavy atom. The zero-order valence-corrected chi connectivity index (χ0v) is 51.9. The van der Waals surface area contributed by atoms with Crippen LogP contribution in [0.15, 0.2) is 74.4 Å². The lowest BCUT2D eigenvalue weighted by atomic mass is 10.1. The van der Waals surface area contributed by atoms with Crippen LogP contribution < -0.4 is 0 Å². The average Bonchev–Trinajstić information content (AvgIpc) is 3.31. The number of ether oxygens (including phenoxy) is 16. The van der Waals surface area contributed by atoms with Crippen LogP contribution in [0.1, 0.15) is 101 Å². The molecule has 0 bridgehead atoms. The Bertz CT molecular complexity index is 2760. The predicted octanol–water partition coefficient (Wildman–Crippen LogP) is 1.87. The summed E-state index contributed by atoms with van der Waals surface area (Å²) >= 11 is 0. The minimum absolute atomic E-state index is 0.185. The summed E-state index contributed by atoms with van der Waals surface area (Å²) in [6, 6.07) is 0. The first-order valence-electron chi connectivity index (χ1n) is 27.1. The van der Waals surface area contributed by atoms with E-state index in [1.165, 1.54) is 55.4 Å². The van der Waals surface area contributed by atoms with Gasteiger partial charge in [0.2, 0.25) is 33.6 Å². The van der Waals surface area contributed by atoms with Crippen molar-refractivity contribution in [3.63, 3.8) is 0 Å². The van der Waals surface area contributed by atoms with E-state index in [0.717, 1.165) is 18.2 Å². The molecule has 6 unspecified atom stereocenters. The van der Waals surface area contributed by atoms with Gasteiger partial charge in [-0.25, -0.2) is 76.7 Å². The monoisotopic (exact) mass is 1290 g/mol. The smallest absolute Gasteiger partial charge is 0.350 e. The number of esters is 16. The molecule has 0 N–H and O–H groups in total. The van der Waals surface area contributed by atoms with Crippen LogP contribution >= 0.6 is 0 Å². The first-order chi connectivity index (χ1) is 42.2. The Kier molecular flexibility index (Phi) is 31.1. The van der Waals surface area contributed by atoms with Crippen LogP contribution in [0.2, 0.25) is 0 Å². The van der Waals surface area contributed by atoms with E-state index in [9.17, 15) is 76.7 Å². The Labute approximate surface area is 521 Å². The van der Waals surface area contributed by atoms with E-state index in [0.29, 0.717) is 51.7 Å². The molecule has 6 heterocycles. The highest BCUT2D eigenvalue weighted by Gasteiger charge is 2.48. The van der Waals surface area contributed by atoms with Crippen LogP contribution in [0.25, 0.3) is 0 Å². The molecule has 6 fully saturated rings. The number of carbonyl (C=O) groups is 16. The average molecular weight is 1300 g/mol. The van der Waals surface area contributed by atoms with Gasteiger partial charge in [-0.15, -0.1) is 0 Å². The fourth-order valence-electron chi connectivity index (χ4n) is 6.67. The molecule has 6 aliphatic heterocycles. The third kappa shape index (κ3) is 26.3. The van der Waals surface area contributed by atoms with Crippen LogP contribution in [0.5, 0.6) is 0 Å². The molecule has 0 aliphatic carbocycles. The van der Waals surface area contributed by atoms with Crippen molar-refractivity contribution in [2.24, 2.45) is 0 Å². The molecule has 32 heteroatoms. The summed E-state index contributed by atoms with van der Waals surface area (Å²) in [5.74, 6) is -10.5. The Morgan fingerprint density at radius 1 is 0.330 bits per heavy atom. The van der Waals surface area contributed by atoms with Crippen molar-refractivity contribution in [1.29, 1.82) is 0 Å². The standard InChI is InChI=1S/2C11H14O6.2C10H12O6.C9H12O4.C8H10O4/c2*1-7(2)9(13)16-6-8(12)17-11(3)4-5-15-10(11)14;2*1-3-7(11)15-6-8(12)16-10(2)4-5-14-9(10)13;1-6(2)7(10)13-9(3)4-5-12-8(9)11;1-3-6(9)12-8(2)4-5-11-7(8)10/h2*1,4-6H2,2-3H3;2*3H,1,4-6H2,2H3;1,4-5H2,2-3H3;3H,1,4-5H2,2H3. The van der Waals surface area contributed by atoms with Crippen LogP contribution in [0, 0.1) is 0 Å². The molecule has 6 rings (SSSR count). The molecule has 91 heavy (non-hydrogen) atoms. The summed E-state index contributed by atoms with van der Waals surface area (Å²) < 4.78 is 75.6. The van der Waals surface area contributed by atoms with Gasteiger partial charge >= 0.3 is 95.5 Å². The molecule has 0 spiro atoms. The number of cyclic esters (lactones) is 6. The first-order valence-corrected chi connectivity index (χ1v) is 27.1. The second-order valence-electron chi connectivity index (χ2n) is 20.7. The molecular weight excluding hydrogens is 1220 g/mol. The molecule has 6 saturated heterocycles. The normalized spacial score (nSPS) is 24.3. The summed E-state index contributed by atoms with van der Waals surface area (Å²) in [5.41, 5.74) is -6.65. The van der Waals surface area contributed by atoms with Gasteiger partial charge in [-0.05, 0) is 62.3 Å². The van der Waals surface area contributed by atoms with E-state index in [4.69, 9.17) is 42.6 Å². The summed E-state index contributed by atoms with van der Waals surface area (Å²) in [6.45, 7) is 32.4. The number of carbonyl (C=O) groups excluding carboxylic acids is 16. The molecule has 6 aliphatic rings. The molecule has 0 amide bonds. The topological polar surface area (TPSA) is 421 Å². The summed E-state index contributed by atoms with van der Waals surface area (Å²) in [5, 5.41) is 0. The van der Waals surface area contributed by atoms with E-state index in [-0.39, 0.29) is 43.1 Å². The molecule has 502 valence electrons.